The number of halogens is 2. The van der Waals surface area contributed by atoms with Gasteiger partial charge >= 0.3 is 0 Å². The highest BCUT2D eigenvalue weighted by Gasteiger charge is 2.31. The van der Waals surface area contributed by atoms with Gasteiger partial charge in [-0.05, 0) is 19.8 Å². The van der Waals surface area contributed by atoms with Gasteiger partial charge in [-0.25, -0.2) is 8.78 Å². The molecule has 0 spiro atoms. The van der Waals surface area contributed by atoms with Crippen LogP contribution in [-0.2, 0) is 0 Å². The summed E-state index contributed by atoms with van der Waals surface area (Å²) in [5.74, 6) is -2.60. The van der Waals surface area contributed by atoms with Crippen molar-refractivity contribution < 1.29 is 8.78 Å². The number of rotatable bonds is 3. The Bertz CT molecular complexity index is 147. The fourth-order valence-electron chi connectivity index (χ4n) is 1.77. The van der Waals surface area contributed by atoms with Gasteiger partial charge in [-0.2, -0.15) is 0 Å². The Morgan fingerprint density at radius 1 is 1.23 bits per heavy atom. The van der Waals surface area contributed by atoms with Crippen molar-refractivity contribution in [3.05, 3.63) is 0 Å². The molecule has 1 rings (SSSR count). The molecule has 0 amide bonds. The molecule has 1 atom stereocenters. The van der Waals surface area contributed by atoms with E-state index in [2.05, 4.69) is 5.32 Å². The zero-order valence-corrected chi connectivity index (χ0v) is 8.45. The second-order valence-electron chi connectivity index (χ2n) is 4.18. The minimum absolute atomic E-state index is 0.314. The van der Waals surface area contributed by atoms with Crippen LogP contribution in [0, 0.1) is 0 Å². The summed E-state index contributed by atoms with van der Waals surface area (Å²) < 4.78 is 25.6. The molecule has 1 N–H and O–H groups in total. The summed E-state index contributed by atoms with van der Waals surface area (Å²) in [6, 6.07) is -0.384. The van der Waals surface area contributed by atoms with Crippen LogP contribution in [0.2, 0.25) is 0 Å². The molecule has 0 aliphatic heterocycles. The Balaban J connectivity index is 2.30. The molecule has 3 heteroatoms. The fourth-order valence-corrected chi connectivity index (χ4v) is 1.77. The highest BCUT2D eigenvalue weighted by molar-refractivity contribution is 4.81. The molecule has 1 saturated carbocycles. The van der Waals surface area contributed by atoms with E-state index >= 15 is 0 Å². The Kier molecular flexibility index (Phi) is 3.65. The molecule has 0 aromatic heterocycles. The summed E-state index contributed by atoms with van der Waals surface area (Å²) >= 11 is 0. The molecule has 0 aromatic carbocycles. The Morgan fingerprint density at radius 3 is 2.23 bits per heavy atom. The molecule has 78 valence electrons. The van der Waals surface area contributed by atoms with Crippen LogP contribution in [0.15, 0.2) is 0 Å². The van der Waals surface area contributed by atoms with Crippen LogP contribution >= 0.6 is 0 Å². The molecular weight excluding hydrogens is 172 g/mol. The summed E-state index contributed by atoms with van der Waals surface area (Å²) in [6.45, 7) is 2.54. The third-order valence-corrected chi connectivity index (χ3v) is 2.85. The SMILES string of the molecule is CC(NC1CCCCC1)C(C)(F)F. The van der Waals surface area contributed by atoms with Crippen molar-refractivity contribution in [3.63, 3.8) is 0 Å². The predicted molar refractivity (Wildman–Crippen MR) is 50.1 cm³/mol. The van der Waals surface area contributed by atoms with Crippen LogP contribution in [0.25, 0.3) is 0 Å². The van der Waals surface area contributed by atoms with Gasteiger partial charge in [0.15, 0.2) is 0 Å². The second-order valence-corrected chi connectivity index (χ2v) is 4.18. The zero-order valence-electron chi connectivity index (χ0n) is 8.45. The summed E-state index contributed by atoms with van der Waals surface area (Å²) in [4.78, 5) is 0. The van der Waals surface area contributed by atoms with E-state index in [1.807, 2.05) is 0 Å². The first kappa shape index (κ1) is 10.9. The molecule has 0 bridgehead atoms. The lowest BCUT2D eigenvalue weighted by Gasteiger charge is -2.29. The van der Waals surface area contributed by atoms with Crippen molar-refractivity contribution >= 4 is 0 Å². The van der Waals surface area contributed by atoms with E-state index in [1.165, 1.54) is 19.3 Å². The lowest BCUT2D eigenvalue weighted by Crippen LogP contribution is -2.46. The monoisotopic (exact) mass is 191 g/mol. The molecule has 1 unspecified atom stereocenters. The van der Waals surface area contributed by atoms with E-state index in [4.69, 9.17) is 0 Å². The van der Waals surface area contributed by atoms with E-state index in [0.29, 0.717) is 6.04 Å². The molecule has 0 radical (unpaired) electrons. The normalized spacial score (nSPS) is 23.1. The summed E-state index contributed by atoms with van der Waals surface area (Å²) in [5, 5.41) is 3.01. The van der Waals surface area contributed by atoms with E-state index in [0.717, 1.165) is 19.8 Å². The van der Waals surface area contributed by atoms with E-state index in [9.17, 15) is 8.78 Å². The predicted octanol–water partition coefficient (Wildman–Crippen LogP) is 2.95. The van der Waals surface area contributed by atoms with Crippen LogP contribution < -0.4 is 5.32 Å². The lowest BCUT2D eigenvalue weighted by atomic mass is 9.94. The van der Waals surface area contributed by atoms with Gasteiger partial charge in [0.1, 0.15) is 0 Å². The number of hydrogen-bond donors (Lipinski definition) is 1. The molecule has 0 saturated heterocycles. The van der Waals surface area contributed by atoms with Gasteiger partial charge in [0.05, 0.1) is 6.04 Å². The van der Waals surface area contributed by atoms with Gasteiger partial charge in [-0.15, -0.1) is 0 Å². The molecule has 0 aromatic rings. The maximum absolute atomic E-state index is 12.8. The third-order valence-electron chi connectivity index (χ3n) is 2.85. The first-order valence-corrected chi connectivity index (χ1v) is 5.14. The smallest absolute Gasteiger partial charge is 0.260 e. The largest absolute Gasteiger partial charge is 0.306 e. The standard InChI is InChI=1S/C10H19F2N/c1-8(10(2,11)12)13-9-6-4-3-5-7-9/h8-9,13H,3-7H2,1-2H3. The molecule has 1 nitrogen and oxygen atoms in total. The van der Waals surface area contributed by atoms with E-state index in [1.54, 1.807) is 6.92 Å². The highest BCUT2D eigenvalue weighted by atomic mass is 19.3. The number of hydrogen-bond acceptors (Lipinski definition) is 1. The van der Waals surface area contributed by atoms with Crippen LogP contribution in [0.5, 0.6) is 0 Å². The Hall–Kier alpha value is -0.180. The minimum atomic E-state index is -2.60. The van der Waals surface area contributed by atoms with Crippen molar-refractivity contribution in [3.8, 4) is 0 Å². The maximum atomic E-state index is 12.8. The zero-order chi connectivity index (χ0) is 9.90. The molecular formula is C10H19F2N. The van der Waals surface area contributed by atoms with Crippen LogP contribution in [0.4, 0.5) is 8.78 Å². The summed E-state index contributed by atoms with van der Waals surface area (Å²) in [6.07, 6.45) is 5.73. The van der Waals surface area contributed by atoms with Crippen LogP contribution in [0.3, 0.4) is 0 Å². The molecule has 0 heterocycles. The van der Waals surface area contributed by atoms with E-state index in [-0.39, 0.29) is 0 Å². The van der Waals surface area contributed by atoms with Gasteiger partial charge in [0.2, 0.25) is 0 Å². The van der Waals surface area contributed by atoms with E-state index < -0.39 is 12.0 Å². The number of nitrogens with one attached hydrogen (secondary N) is 1. The van der Waals surface area contributed by atoms with Crippen molar-refractivity contribution in [2.45, 2.75) is 64.0 Å². The van der Waals surface area contributed by atoms with Crippen molar-refractivity contribution in [2.75, 3.05) is 0 Å². The Labute approximate surface area is 78.9 Å². The van der Waals surface area contributed by atoms with Crippen molar-refractivity contribution in [1.29, 1.82) is 0 Å². The van der Waals surface area contributed by atoms with Crippen molar-refractivity contribution in [1.82, 2.24) is 5.32 Å². The molecule has 1 aliphatic carbocycles. The average Bonchev–Trinajstić information content (AvgIpc) is 2.04. The van der Waals surface area contributed by atoms with Gasteiger partial charge in [0, 0.05) is 13.0 Å². The first-order valence-electron chi connectivity index (χ1n) is 5.14. The minimum Gasteiger partial charge on any atom is -0.306 e. The highest BCUT2D eigenvalue weighted by Crippen LogP contribution is 2.22. The molecule has 1 fully saturated rings. The molecule has 13 heavy (non-hydrogen) atoms. The third kappa shape index (κ3) is 3.59. The van der Waals surface area contributed by atoms with Gasteiger partial charge in [0.25, 0.3) is 5.92 Å². The van der Waals surface area contributed by atoms with Gasteiger partial charge < -0.3 is 5.32 Å². The van der Waals surface area contributed by atoms with Crippen molar-refractivity contribution in [2.24, 2.45) is 0 Å². The lowest BCUT2D eigenvalue weighted by molar-refractivity contribution is -0.0171. The Morgan fingerprint density at radius 2 is 1.77 bits per heavy atom. The number of alkyl halides is 2. The average molecular weight is 191 g/mol. The fraction of sp³-hybridized carbons (Fsp3) is 1.00. The molecule has 1 aliphatic rings. The van der Waals surface area contributed by atoms with Gasteiger partial charge in [-0.1, -0.05) is 19.3 Å². The second kappa shape index (κ2) is 4.36. The van der Waals surface area contributed by atoms with Crippen LogP contribution in [0.1, 0.15) is 46.0 Å². The topological polar surface area (TPSA) is 12.0 Å². The van der Waals surface area contributed by atoms with Gasteiger partial charge in [-0.3, -0.25) is 0 Å². The summed E-state index contributed by atoms with van der Waals surface area (Å²) in [5.41, 5.74) is 0. The quantitative estimate of drug-likeness (QED) is 0.723. The first-order chi connectivity index (χ1) is 6.00. The maximum Gasteiger partial charge on any atom is 0.260 e. The summed E-state index contributed by atoms with van der Waals surface area (Å²) in [7, 11) is 0. The van der Waals surface area contributed by atoms with Crippen LogP contribution in [-0.4, -0.2) is 18.0 Å².